The number of carbonyl (C=O) groups excluding carboxylic acids is 1. The van der Waals surface area contributed by atoms with Crippen LogP contribution >= 0.6 is 23.2 Å². The summed E-state index contributed by atoms with van der Waals surface area (Å²) < 4.78 is 0. The van der Waals surface area contributed by atoms with Gasteiger partial charge in [0.15, 0.2) is 0 Å². The Kier molecular flexibility index (Phi) is 9.40. The summed E-state index contributed by atoms with van der Waals surface area (Å²) in [6.07, 6.45) is 0.827. The van der Waals surface area contributed by atoms with Crippen LogP contribution < -0.4 is 11.1 Å². The van der Waals surface area contributed by atoms with Crippen LogP contribution in [0.1, 0.15) is 43.3 Å². The first kappa shape index (κ1) is 29.3. The van der Waals surface area contributed by atoms with Gasteiger partial charge >= 0.3 is 0 Å². The number of hydrogen-bond acceptors (Lipinski definition) is 6. The van der Waals surface area contributed by atoms with Crippen LogP contribution in [0.3, 0.4) is 0 Å². The lowest BCUT2D eigenvalue weighted by Gasteiger charge is -2.39. The van der Waals surface area contributed by atoms with E-state index in [0.717, 1.165) is 59.4 Å². The number of fused-ring (bicyclic) bond motifs is 1. The van der Waals surface area contributed by atoms with Gasteiger partial charge in [0, 0.05) is 41.6 Å². The Morgan fingerprint density at radius 1 is 0.902 bits per heavy atom. The molecule has 3 N–H and O–H groups in total. The maximum absolute atomic E-state index is 12.3. The predicted molar refractivity (Wildman–Crippen MR) is 167 cm³/mol. The van der Waals surface area contributed by atoms with Crippen LogP contribution in [0.4, 0.5) is 5.82 Å². The van der Waals surface area contributed by atoms with E-state index in [-0.39, 0.29) is 17.9 Å². The Labute approximate surface area is 251 Å². The second-order valence-corrected chi connectivity index (χ2v) is 11.6. The van der Waals surface area contributed by atoms with Crippen molar-refractivity contribution >= 4 is 45.8 Å². The van der Waals surface area contributed by atoms with Gasteiger partial charge in [-0.3, -0.25) is 14.6 Å². The van der Waals surface area contributed by atoms with Gasteiger partial charge in [0.25, 0.3) is 0 Å². The third-order valence-electron chi connectivity index (χ3n) is 7.97. The maximum Gasteiger partial charge on any atom is 0.240 e. The fraction of sp³-hybridized carbons (Fsp3) is 0.344. The lowest BCUT2D eigenvalue weighted by molar-refractivity contribution is -0.119. The minimum absolute atomic E-state index is 0.0759. The number of rotatable bonds is 10. The minimum Gasteiger partial charge on any atom is -0.368 e. The third kappa shape index (κ3) is 6.99. The molecule has 7 nitrogen and oxygen atoms in total. The first-order valence-electron chi connectivity index (χ1n) is 14.1. The molecule has 1 aromatic heterocycles. The van der Waals surface area contributed by atoms with E-state index in [1.54, 1.807) is 0 Å². The molecule has 0 bridgehead atoms. The normalized spacial score (nSPS) is 16.1. The molecule has 1 saturated heterocycles. The maximum atomic E-state index is 12.3. The molecule has 214 valence electrons. The van der Waals surface area contributed by atoms with Gasteiger partial charge in [-0.15, -0.1) is 0 Å². The van der Waals surface area contributed by atoms with E-state index in [9.17, 15) is 4.79 Å². The highest BCUT2D eigenvalue weighted by atomic mass is 35.5. The molecule has 0 unspecified atom stereocenters. The molecule has 3 aromatic carbocycles. The molecular weight excluding hydrogens is 555 g/mol. The van der Waals surface area contributed by atoms with Gasteiger partial charge in [0.05, 0.1) is 18.1 Å². The number of benzene rings is 3. The second-order valence-electron chi connectivity index (χ2n) is 10.7. The molecule has 2 heterocycles. The Balaban J connectivity index is 1.34. The SMILES string of the molecule is CC[C@@H](C)[C@H](Nc1nc(CN2CCN(C(c3ccc(Cl)cc3)c3ccc(Cl)cc3)CC2)nc2ccccc12)C(N)=O. The van der Waals surface area contributed by atoms with Gasteiger partial charge in [-0.05, 0) is 53.4 Å². The van der Waals surface area contributed by atoms with Crippen LogP contribution in [0.2, 0.25) is 10.0 Å². The van der Waals surface area contributed by atoms with E-state index in [4.69, 9.17) is 38.9 Å². The van der Waals surface area contributed by atoms with Crippen LogP contribution in [-0.2, 0) is 11.3 Å². The Morgan fingerprint density at radius 3 is 2.05 bits per heavy atom. The molecule has 1 fully saturated rings. The van der Waals surface area contributed by atoms with Crippen LogP contribution in [0.15, 0.2) is 72.8 Å². The molecule has 0 spiro atoms. The highest BCUT2D eigenvalue weighted by molar-refractivity contribution is 6.30. The minimum atomic E-state index is -0.507. The average Bonchev–Trinajstić information content (AvgIpc) is 2.98. The number of hydrogen-bond donors (Lipinski definition) is 2. The molecule has 0 saturated carbocycles. The Bertz CT molecular complexity index is 1430. The summed E-state index contributed by atoms with van der Waals surface area (Å²) in [6, 6.07) is 23.7. The zero-order chi connectivity index (χ0) is 28.9. The van der Waals surface area contributed by atoms with E-state index in [1.807, 2.05) is 55.5 Å². The quantitative estimate of drug-likeness (QED) is 0.230. The van der Waals surface area contributed by atoms with E-state index in [1.165, 1.54) is 11.1 Å². The summed E-state index contributed by atoms with van der Waals surface area (Å²) in [7, 11) is 0. The number of piperazine rings is 1. The summed E-state index contributed by atoms with van der Waals surface area (Å²) in [5, 5.41) is 5.68. The van der Waals surface area contributed by atoms with Gasteiger partial charge in [0.2, 0.25) is 5.91 Å². The van der Waals surface area contributed by atoms with Crippen molar-refractivity contribution in [1.29, 1.82) is 0 Å². The molecule has 0 aliphatic carbocycles. The molecule has 1 aliphatic heterocycles. The van der Waals surface area contributed by atoms with Crippen molar-refractivity contribution < 1.29 is 4.79 Å². The van der Waals surface area contributed by atoms with Gasteiger partial charge in [-0.25, -0.2) is 9.97 Å². The number of carbonyl (C=O) groups is 1. The summed E-state index contributed by atoms with van der Waals surface area (Å²) in [5.74, 6) is 1.07. The fourth-order valence-electron chi connectivity index (χ4n) is 5.47. The fourth-order valence-corrected chi connectivity index (χ4v) is 5.72. The monoisotopic (exact) mass is 590 g/mol. The van der Waals surface area contributed by atoms with Gasteiger partial charge in [-0.2, -0.15) is 0 Å². The molecule has 1 aliphatic rings. The number of para-hydroxylation sites is 1. The van der Waals surface area contributed by atoms with Gasteiger partial charge in [-0.1, -0.05) is 79.9 Å². The smallest absolute Gasteiger partial charge is 0.240 e. The van der Waals surface area contributed by atoms with Crippen molar-refractivity contribution in [2.75, 3.05) is 31.5 Å². The van der Waals surface area contributed by atoms with Crippen LogP contribution in [0, 0.1) is 5.92 Å². The van der Waals surface area contributed by atoms with Crippen molar-refractivity contribution in [3.8, 4) is 0 Å². The number of nitrogens with zero attached hydrogens (tertiary/aromatic N) is 4. The molecule has 41 heavy (non-hydrogen) atoms. The summed E-state index contributed by atoms with van der Waals surface area (Å²) in [6.45, 7) is 8.19. The largest absolute Gasteiger partial charge is 0.368 e. The molecule has 2 atom stereocenters. The van der Waals surface area contributed by atoms with Crippen LogP contribution in [-0.4, -0.2) is 57.9 Å². The first-order chi connectivity index (χ1) is 19.8. The average molecular weight is 592 g/mol. The summed E-state index contributed by atoms with van der Waals surface area (Å²) in [4.78, 5) is 26.9. The second kappa shape index (κ2) is 13.2. The summed E-state index contributed by atoms with van der Waals surface area (Å²) in [5.41, 5.74) is 9.00. The van der Waals surface area contributed by atoms with E-state index >= 15 is 0 Å². The number of amides is 1. The number of nitrogens with two attached hydrogens (primary N) is 1. The Hall–Kier alpha value is -3.23. The molecule has 0 radical (unpaired) electrons. The zero-order valence-corrected chi connectivity index (χ0v) is 24.9. The van der Waals surface area contributed by atoms with Crippen molar-refractivity contribution in [2.24, 2.45) is 11.7 Å². The topological polar surface area (TPSA) is 87.4 Å². The third-order valence-corrected chi connectivity index (χ3v) is 8.47. The molecular formula is C32H36Cl2N6O. The van der Waals surface area contributed by atoms with Crippen LogP contribution in [0.5, 0.6) is 0 Å². The van der Waals surface area contributed by atoms with Crippen molar-refractivity contribution in [3.05, 3.63) is 99.8 Å². The summed E-state index contributed by atoms with van der Waals surface area (Å²) >= 11 is 12.4. The highest BCUT2D eigenvalue weighted by Crippen LogP contribution is 2.32. The highest BCUT2D eigenvalue weighted by Gasteiger charge is 2.28. The van der Waals surface area contributed by atoms with Gasteiger partial charge < -0.3 is 11.1 Å². The number of aromatic nitrogens is 2. The zero-order valence-electron chi connectivity index (χ0n) is 23.4. The molecule has 4 aromatic rings. The lowest BCUT2D eigenvalue weighted by atomic mass is 9.96. The van der Waals surface area contributed by atoms with Crippen molar-refractivity contribution in [2.45, 2.75) is 38.9 Å². The first-order valence-corrected chi connectivity index (χ1v) is 14.9. The van der Waals surface area contributed by atoms with Crippen LogP contribution in [0.25, 0.3) is 10.9 Å². The number of primary amides is 1. The van der Waals surface area contributed by atoms with E-state index < -0.39 is 6.04 Å². The number of nitrogens with one attached hydrogen (secondary N) is 1. The Morgan fingerprint density at radius 2 is 1.49 bits per heavy atom. The molecule has 9 heteroatoms. The van der Waals surface area contributed by atoms with Crippen molar-refractivity contribution in [3.63, 3.8) is 0 Å². The predicted octanol–water partition coefficient (Wildman–Crippen LogP) is 6.16. The number of anilines is 1. The van der Waals surface area contributed by atoms with Crippen molar-refractivity contribution in [1.82, 2.24) is 19.8 Å². The van der Waals surface area contributed by atoms with Gasteiger partial charge in [0.1, 0.15) is 17.7 Å². The molecule has 5 rings (SSSR count). The lowest BCUT2D eigenvalue weighted by Crippen LogP contribution is -2.47. The standard InChI is InChI=1S/C32H36Cl2N6O/c1-3-21(2)29(31(35)41)38-32-26-6-4-5-7-27(26)36-28(37-32)20-39-16-18-40(19-17-39)30(22-8-12-24(33)13-9-22)23-10-14-25(34)15-11-23/h4-15,21,29-30H,3,16-20H2,1-2H3,(H2,35,41)(H,36,37,38)/t21-,29+/m1/s1. The van der Waals surface area contributed by atoms with E-state index in [0.29, 0.717) is 12.4 Å². The van der Waals surface area contributed by atoms with E-state index in [2.05, 4.69) is 46.3 Å². The number of halogens is 2. The molecule has 1 amide bonds.